The summed E-state index contributed by atoms with van der Waals surface area (Å²) in [5.41, 5.74) is -0.265. The molecular weight excluding hydrogens is 433 g/mol. The van der Waals surface area contributed by atoms with Crippen LogP contribution in [-0.2, 0) is 14.4 Å². The van der Waals surface area contributed by atoms with Crippen LogP contribution < -0.4 is 5.32 Å². The molecule has 0 spiro atoms. The standard InChI is InChI=1S/C23H28FN3O4S/c1-23(2,3)21(30)26-11-6-8-16(14-26)19(28)25-10-12-27-20(29)18(32-22(27)31)13-15-7-4-5-9-17(15)24/h4-5,7,9,13,16H,6,8,10-12,14H2,1-3H3,(H,25,28)/b18-13-. The van der Waals surface area contributed by atoms with Crippen LogP contribution in [0, 0.1) is 17.2 Å². The monoisotopic (exact) mass is 461 g/mol. The fraction of sp³-hybridized carbons (Fsp3) is 0.478. The molecule has 1 N–H and O–H groups in total. The number of nitrogens with one attached hydrogen (secondary N) is 1. The molecule has 9 heteroatoms. The molecule has 2 aliphatic heterocycles. The first-order valence-corrected chi connectivity index (χ1v) is 11.5. The number of carbonyl (C=O) groups is 4. The van der Waals surface area contributed by atoms with Crippen molar-refractivity contribution >= 4 is 40.8 Å². The van der Waals surface area contributed by atoms with Gasteiger partial charge < -0.3 is 10.2 Å². The van der Waals surface area contributed by atoms with Gasteiger partial charge in [-0.25, -0.2) is 4.39 Å². The van der Waals surface area contributed by atoms with Crippen LogP contribution in [-0.4, -0.2) is 58.9 Å². The molecule has 172 valence electrons. The van der Waals surface area contributed by atoms with E-state index in [1.54, 1.807) is 17.0 Å². The van der Waals surface area contributed by atoms with E-state index in [1.165, 1.54) is 18.2 Å². The van der Waals surface area contributed by atoms with Gasteiger partial charge in [0.2, 0.25) is 11.8 Å². The summed E-state index contributed by atoms with van der Waals surface area (Å²) in [4.78, 5) is 52.8. The molecule has 3 rings (SSSR count). The number of carbonyl (C=O) groups excluding carboxylic acids is 4. The molecule has 1 aromatic carbocycles. The molecule has 2 aliphatic rings. The summed E-state index contributed by atoms with van der Waals surface area (Å²) < 4.78 is 13.8. The number of rotatable bonds is 5. The van der Waals surface area contributed by atoms with E-state index in [1.807, 2.05) is 20.8 Å². The van der Waals surface area contributed by atoms with Crippen LogP contribution in [0.25, 0.3) is 6.08 Å². The normalized spacial score (nSPS) is 20.8. The second-order valence-corrected chi connectivity index (χ2v) is 9.98. The van der Waals surface area contributed by atoms with Crippen LogP contribution in [0.5, 0.6) is 0 Å². The van der Waals surface area contributed by atoms with Gasteiger partial charge in [-0.2, -0.15) is 0 Å². The highest BCUT2D eigenvalue weighted by molar-refractivity contribution is 8.18. The van der Waals surface area contributed by atoms with Crippen molar-refractivity contribution in [1.29, 1.82) is 0 Å². The Labute approximate surface area is 191 Å². The van der Waals surface area contributed by atoms with Gasteiger partial charge in [0.15, 0.2) is 0 Å². The van der Waals surface area contributed by atoms with Crippen molar-refractivity contribution in [3.8, 4) is 0 Å². The largest absolute Gasteiger partial charge is 0.354 e. The zero-order valence-corrected chi connectivity index (χ0v) is 19.3. The lowest BCUT2D eigenvalue weighted by atomic mass is 9.91. The highest BCUT2D eigenvalue weighted by Crippen LogP contribution is 2.32. The molecule has 0 bridgehead atoms. The van der Waals surface area contributed by atoms with Gasteiger partial charge in [-0.3, -0.25) is 24.1 Å². The lowest BCUT2D eigenvalue weighted by Crippen LogP contribution is -2.49. The third kappa shape index (κ3) is 5.56. The molecule has 2 saturated heterocycles. The van der Waals surface area contributed by atoms with E-state index in [9.17, 15) is 23.6 Å². The van der Waals surface area contributed by atoms with Crippen LogP contribution >= 0.6 is 11.8 Å². The summed E-state index contributed by atoms with van der Waals surface area (Å²) in [5, 5.41) is 2.33. The van der Waals surface area contributed by atoms with Crippen molar-refractivity contribution in [2.75, 3.05) is 26.2 Å². The Kier molecular flexibility index (Phi) is 7.38. The number of amides is 4. The number of hydrogen-bond donors (Lipinski definition) is 1. The van der Waals surface area contributed by atoms with E-state index < -0.39 is 22.4 Å². The topological polar surface area (TPSA) is 86.8 Å². The third-order valence-electron chi connectivity index (χ3n) is 5.42. The number of imide groups is 1. The highest BCUT2D eigenvalue weighted by atomic mass is 32.2. The van der Waals surface area contributed by atoms with Gasteiger partial charge in [0, 0.05) is 37.2 Å². The van der Waals surface area contributed by atoms with E-state index in [0.29, 0.717) is 19.5 Å². The summed E-state index contributed by atoms with van der Waals surface area (Å²) in [6, 6.07) is 6.01. The number of hydrogen-bond acceptors (Lipinski definition) is 5. The lowest BCUT2D eigenvalue weighted by Gasteiger charge is -2.35. The number of benzene rings is 1. The predicted octanol–water partition coefficient (Wildman–Crippen LogP) is 3.26. The first-order valence-electron chi connectivity index (χ1n) is 10.6. The molecular formula is C23H28FN3O4S. The fourth-order valence-electron chi connectivity index (χ4n) is 3.71. The minimum Gasteiger partial charge on any atom is -0.354 e. The Morgan fingerprint density at radius 3 is 2.66 bits per heavy atom. The minimum atomic E-state index is -0.503. The maximum atomic E-state index is 13.8. The Balaban J connectivity index is 1.53. The van der Waals surface area contributed by atoms with Crippen molar-refractivity contribution in [3.05, 3.63) is 40.6 Å². The third-order valence-corrected chi connectivity index (χ3v) is 6.33. The van der Waals surface area contributed by atoms with E-state index in [-0.39, 0.29) is 41.3 Å². The van der Waals surface area contributed by atoms with Crippen molar-refractivity contribution < 1.29 is 23.6 Å². The van der Waals surface area contributed by atoms with Gasteiger partial charge in [0.1, 0.15) is 5.82 Å². The van der Waals surface area contributed by atoms with E-state index in [2.05, 4.69) is 5.32 Å². The number of nitrogens with zero attached hydrogens (tertiary/aromatic N) is 2. The molecule has 7 nitrogen and oxygen atoms in total. The fourth-order valence-corrected chi connectivity index (χ4v) is 4.57. The van der Waals surface area contributed by atoms with Crippen molar-refractivity contribution in [2.24, 2.45) is 11.3 Å². The van der Waals surface area contributed by atoms with Gasteiger partial charge in [-0.05, 0) is 36.7 Å². The van der Waals surface area contributed by atoms with Gasteiger partial charge in [0.05, 0.1) is 10.8 Å². The molecule has 0 aromatic heterocycles. The average Bonchev–Trinajstić information content (AvgIpc) is 3.01. The highest BCUT2D eigenvalue weighted by Gasteiger charge is 2.36. The molecule has 2 heterocycles. The molecule has 1 unspecified atom stereocenters. The second kappa shape index (κ2) is 9.85. The molecule has 1 atom stereocenters. The summed E-state index contributed by atoms with van der Waals surface area (Å²) >= 11 is 0.753. The summed E-state index contributed by atoms with van der Waals surface area (Å²) in [5.74, 6) is -1.46. The zero-order chi connectivity index (χ0) is 23.5. The number of likely N-dealkylation sites (tertiary alicyclic amines) is 1. The van der Waals surface area contributed by atoms with Crippen LogP contribution in [0.2, 0.25) is 0 Å². The van der Waals surface area contributed by atoms with Crippen LogP contribution in [0.4, 0.5) is 9.18 Å². The zero-order valence-electron chi connectivity index (χ0n) is 18.5. The van der Waals surface area contributed by atoms with E-state index in [0.717, 1.165) is 23.1 Å². The quantitative estimate of drug-likeness (QED) is 0.680. The Hall–Kier alpha value is -2.68. The first kappa shape index (κ1) is 24.0. The summed E-state index contributed by atoms with van der Waals surface area (Å²) in [6.45, 7) is 6.73. The van der Waals surface area contributed by atoms with Crippen LogP contribution in [0.15, 0.2) is 29.2 Å². The van der Waals surface area contributed by atoms with Crippen LogP contribution in [0.3, 0.4) is 0 Å². The molecule has 4 amide bonds. The average molecular weight is 462 g/mol. The minimum absolute atomic E-state index is 0.0226. The molecule has 1 aromatic rings. The molecule has 0 aliphatic carbocycles. The van der Waals surface area contributed by atoms with Crippen molar-refractivity contribution in [1.82, 2.24) is 15.1 Å². The van der Waals surface area contributed by atoms with Gasteiger partial charge in [-0.15, -0.1) is 0 Å². The molecule has 0 radical (unpaired) electrons. The Bertz CT molecular complexity index is 957. The Morgan fingerprint density at radius 1 is 1.25 bits per heavy atom. The van der Waals surface area contributed by atoms with Crippen LogP contribution in [0.1, 0.15) is 39.2 Å². The Morgan fingerprint density at radius 2 is 1.97 bits per heavy atom. The van der Waals surface area contributed by atoms with Gasteiger partial charge in [0.25, 0.3) is 11.1 Å². The second-order valence-electron chi connectivity index (χ2n) is 8.99. The molecule has 32 heavy (non-hydrogen) atoms. The van der Waals surface area contributed by atoms with E-state index >= 15 is 0 Å². The lowest BCUT2D eigenvalue weighted by molar-refractivity contribution is -0.142. The molecule has 0 saturated carbocycles. The predicted molar refractivity (Wildman–Crippen MR) is 121 cm³/mol. The number of halogens is 1. The smallest absolute Gasteiger partial charge is 0.293 e. The first-order chi connectivity index (χ1) is 15.1. The van der Waals surface area contributed by atoms with Crippen molar-refractivity contribution in [2.45, 2.75) is 33.6 Å². The summed E-state index contributed by atoms with van der Waals surface area (Å²) in [6.07, 6.45) is 2.80. The molecule has 2 fully saturated rings. The van der Waals surface area contributed by atoms with Gasteiger partial charge in [-0.1, -0.05) is 39.0 Å². The van der Waals surface area contributed by atoms with Crippen molar-refractivity contribution in [3.63, 3.8) is 0 Å². The maximum absolute atomic E-state index is 13.8. The maximum Gasteiger partial charge on any atom is 0.293 e. The van der Waals surface area contributed by atoms with Gasteiger partial charge >= 0.3 is 0 Å². The van der Waals surface area contributed by atoms with E-state index in [4.69, 9.17) is 0 Å². The SMILES string of the molecule is CC(C)(C)C(=O)N1CCCC(C(=O)NCCN2C(=O)S/C(=C\c3ccccc3F)C2=O)C1. The number of piperidine rings is 1. The number of thioether (sulfide) groups is 1. The summed E-state index contributed by atoms with van der Waals surface area (Å²) in [7, 11) is 0.